The summed E-state index contributed by atoms with van der Waals surface area (Å²) in [6.45, 7) is 0.806. The van der Waals surface area contributed by atoms with E-state index in [1.54, 1.807) is 12.1 Å². The van der Waals surface area contributed by atoms with Gasteiger partial charge in [0, 0.05) is 3.57 Å². The van der Waals surface area contributed by atoms with Crippen LogP contribution in [0, 0.1) is 3.57 Å². The molecule has 4 rings (SSSR count). The number of carbonyl (C=O) groups excluding carboxylic acids is 1. The Bertz CT molecular complexity index is 1180. The van der Waals surface area contributed by atoms with Gasteiger partial charge in [0.1, 0.15) is 24.7 Å². The highest BCUT2D eigenvalue weighted by Crippen LogP contribution is 2.32. The van der Waals surface area contributed by atoms with Crippen molar-refractivity contribution in [3.05, 3.63) is 123 Å². The number of ether oxygens (including phenoxy) is 2. The van der Waals surface area contributed by atoms with Crippen LogP contribution in [0.1, 0.15) is 21.5 Å². The maximum Gasteiger partial charge on any atom is 0.259 e. The molecule has 0 aliphatic heterocycles. The molecule has 0 aliphatic rings. The molecule has 0 aliphatic carbocycles. The molecule has 4 aromatic rings. The van der Waals surface area contributed by atoms with E-state index in [0.717, 1.165) is 14.7 Å². The average molecular weight is 535 g/mol. The van der Waals surface area contributed by atoms with Gasteiger partial charge >= 0.3 is 0 Å². The summed E-state index contributed by atoms with van der Waals surface area (Å²) in [5.74, 6) is 0.908. The Kier molecular flexibility index (Phi) is 7.40. The van der Waals surface area contributed by atoms with E-state index in [9.17, 15) is 4.79 Å². The van der Waals surface area contributed by atoms with Gasteiger partial charge in [0.15, 0.2) is 0 Å². The molecule has 0 atom stereocenters. The van der Waals surface area contributed by atoms with Crippen molar-refractivity contribution in [3.63, 3.8) is 0 Å². The number of benzene rings is 4. The fourth-order valence-electron chi connectivity index (χ4n) is 3.18. The van der Waals surface area contributed by atoms with Gasteiger partial charge in [-0.15, -0.1) is 0 Å². The van der Waals surface area contributed by atoms with E-state index >= 15 is 0 Å². The number of hydrogen-bond donors (Lipinski definition) is 1. The molecule has 4 aromatic carbocycles. The van der Waals surface area contributed by atoms with Crippen LogP contribution in [0.15, 0.2) is 103 Å². The third kappa shape index (κ3) is 5.68. The van der Waals surface area contributed by atoms with Gasteiger partial charge in [-0.25, -0.2) is 0 Å². The first kappa shape index (κ1) is 21.9. The molecule has 1 amide bonds. The molecule has 0 heterocycles. The number of amides is 1. The van der Waals surface area contributed by atoms with Crippen molar-refractivity contribution in [2.75, 3.05) is 5.32 Å². The number of hydrogen-bond acceptors (Lipinski definition) is 3. The molecule has 4 nitrogen and oxygen atoms in total. The van der Waals surface area contributed by atoms with Crippen molar-refractivity contribution in [2.45, 2.75) is 13.2 Å². The van der Waals surface area contributed by atoms with Gasteiger partial charge in [0.05, 0.1) is 11.3 Å². The molecule has 0 spiro atoms. The summed E-state index contributed by atoms with van der Waals surface area (Å²) in [6.07, 6.45) is 0. The Morgan fingerprint density at radius 2 is 1.19 bits per heavy atom. The molecule has 0 fully saturated rings. The predicted molar refractivity (Wildman–Crippen MR) is 135 cm³/mol. The SMILES string of the molecule is O=C(Nc1c(I)cccc1OCc1ccccc1)c1ccccc1OCc1ccccc1. The molecule has 0 aromatic heterocycles. The van der Waals surface area contributed by atoms with E-state index in [0.29, 0.717) is 36.0 Å². The second-order valence-electron chi connectivity index (χ2n) is 7.11. The average Bonchev–Trinajstić information content (AvgIpc) is 2.84. The number of halogens is 1. The summed E-state index contributed by atoms with van der Waals surface area (Å²) in [4.78, 5) is 13.2. The van der Waals surface area contributed by atoms with Crippen molar-refractivity contribution < 1.29 is 14.3 Å². The van der Waals surface area contributed by atoms with Crippen molar-refractivity contribution >= 4 is 34.2 Å². The van der Waals surface area contributed by atoms with E-state index in [2.05, 4.69) is 27.9 Å². The second-order valence-corrected chi connectivity index (χ2v) is 8.27. The standard InChI is InChI=1S/C27H22INO3/c28-23-15-9-17-25(32-19-21-12-5-2-6-13-21)26(23)29-27(30)22-14-7-8-16-24(22)31-18-20-10-3-1-4-11-20/h1-17H,18-19H2,(H,29,30). The lowest BCUT2D eigenvalue weighted by Gasteiger charge is -2.16. The van der Waals surface area contributed by atoms with E-state index in [1.165, 1.54) is 0 Å². The highest BCUT2D eigenvalue weighted by molar-refractivity contribution is 14.1. The normalized spacial score (nSPS) is 10.4. The number of carbonyl (C=O) groups is 1. The van der Waals surface area contributed by atoms with Gasteiger partial charge < -0.3 is 14.8 Å². The van der Waals surface area contributed by atoms with Gasteiger partial charge in [-0.1, -0.05) is 78.9 Å². The monoisotopic (exact) mass is 535 g/mol. The van der Waals surface area contributed by atoms with Crippen molar-refractivity contribution in [1.29, 1.82) is 0 Å². The number of nitrogens with one attached hydrogen (secondary N) is 1. The highest BCUT2D eigenvalue weighted by atomic mass is 127. The van der Waals surface area contributed by atoms with Gasteiger partial charge in [-0.05, 0) is 58.0 Å². The molecule has 0 saturated heterocycles. The maximum atomic E-state index is 13.2. The van der Waals surface area contributed by atoms with Crippen LogP contribution in [0.25, 0.3) is 0 Å². The first-order valence-corrected chi connectivity index (χ1v) is 11.3. The predicted octanol–water partition coefficient (Wildman–Crippen LogP) is 6.70. The Labute approximate surface area is 201 Å². The first-order valence-electron chi connectivity index (χ1n) is 10.2. The smallest absolute Gasteiger partial charge is 0.259 e. The van der Waals surface area contributed by atoms with E-state index in [-0.39, 0.29) is 5.91 Å². The van der Waals surface area contributed by atoms with Crippen LogP contribution < -0.4 is 14.8 Å². The minimum absolute atomic E-state index is 0.248. The van der Waals surface area contributed by atoms with Crippen LogP contribution in [0.4, 0.5) is 5.69 Å². The lowest BCUT2D eigenvalue weighted by Crippen LogP contribution is -2.15. The van der Waals surface area contributed by atoms with Crippen molar-refractivity contribution in [1.82, 2.24) is 0 Å². The first-order chi connectivity index (χ1) is 15.7. The van der Waals surface area contributed by atoms with Crippen LogP contribution in [0.3, 0.4) is 0 Å². The van der Waals surface area contributed by atoms with Crippen LogP contribution in [-0.2, 0) is 13.2 Å². The Morgan fingerprint density at radius 1 is 0.656 bits per heavy atom. The Morgan fingerprint density at radius 3 is 1.84 bits per heavy atom. The maximum absolute atomic E-state index is 13.2. The van der Waals surface area contributed by atoms with Crippen LogP contribution in [-0.4, -0.2) is 5.91 Å². The van der Waals surface area contributed by atoms with Crippen molar-refractivity contribution in [2.24, 2.45) is 0 Å². The Hall–Kier alpha value is -3.32. The molecule has 0 bridgehead atoms. The quantitative estimate of drug-likeness (QED) is 0.256. The number of para-hydroxylation sites is 2. The minimum Gasteiger partial charge on any atom is -0.488 e. The summed E-state index contributed by atoms with van der Waals surface area (Å²) in [7, 11) is 0. The summed E-state index contributed by atoms with van der Waals surface area (Å²) in [5, 5.41) is 3.02. The largest absolute Gasteiger partial charge is 0.488 e. The van der Waals surface area contributed by atoms with Crippen LogP contribution >= 0.6 is 22.6 Å². The zero-order valence-corrected chi connectivity index (χ0v) is 19.5. The van der Waals surface area contributed by atoms with Crippen LogP contribution in [0.2, 0.25) is 0 Å². The Balaban J connectivity index is 1.50. The molecule has 1 N–H and O–H groups in total. The topological polar surface area (TPSA) is 47.6 Å². The zero-order valence-electron chi connectivity index (χ0n) is 17.3. The van der Waals surface area contributed by atoms with Crippen LogP contribution in [0.5, 0.6) is 11.5 Å². The summed E-state index contributed by atoms with van der Waals surface area (Å²) in [6, 6.07) is 32.8. The summed E-state index contributed by atoms with van der Waals surface area (Å²) in [5.41, 5.74) is 3.21. The number of rotatable bonds is 8. The second kappa shape index (κ2) is 10.8. The molecular weight excluding hydrogens is 513 g/mol. The number of anilines is 1. The van der Waals surface area contributed by atoms with Crippen molar-refractivity contribution in [3.8, 4) is 11.5 Å². The van der Waals surface area contributed by atoms with Gasteiger partial charge in [0.25, 0.3) is 5.91 Å². The minimum atomic E-state index is -0.248. The third-order valence-electron chi connectivity index (χ3n) is 4.82. The molecular formula is C27H22INO3. The molecule has 0 unspecified atom stereocenters. The van der Waals surface area contributed by atoms with E-state index in [4.69, 9.17) is 9.47 Å². The molecule has 0 saturated carbocycles. The lowest BCUT2D eigenvalue weighted by atomic mass is 10.1. The molecule has 5 heteroatoms. The lowest BCUT2D eigenvalue weighted by molar-refractivity contribution is 0.102. The van der Waals surface area contributed by atoms with Gasteiger partial charge in [-0.2, -0.15) is 0 Å². The molecule has 0 radical (unpaired) electrons. The summed E-state index contributed by atoms with van der Waals surface area (Å²) < 4.78 is 12.9. The molecule has 160 valence electrons. The van der Waals surface area contributed by atoms with E-state index in [1.807, 2.05) is 91.0 Å². The zero-order chi connectivity index (χ0) is 22.2. The highest BCUT2D eigenvalue weighted by Gasteiger charge is 2.17. The van der Waals surface area contributed by atoms with E-state index < -0.39 is 0 Å². The fourth-order valence-corrected chi connectivity index (χ4v) is 3.79. The third-order valence-corrected chi connectivity index (χ3v) is 5.72. The van der Waals surface area contributed by atoms with Gasteiger partial charge in [0.2, 0.25) is 0 Å². The fraction of sp³-hybridized carbons (Fsp3) is 0.0741. The summed E-state index contributed by atoms with van der Waals surface area (Å²) >= 11 is 2.20. The molecule has 32 heavy (non-hydrogen) atoms. The van der Waals surface area contributed by atoms with Gasteiger partial charge in [-0.3, -0.25) is 4.79 Å².